The molecule has 2 unspecified atom stereocenters. The van der Waals surface area contributed by atoms with E-state index in [4.69, 9.17) is 0 Å². The zero-order valence-corrected chi connectivity index (χ0v) is 12.6. The molecule has 2 atom stereocenters. The summed E-state index contributed by atoms with van der Waals surface area (Å²) < 4.78 is 0. The fourth-order valence-corrected chi connectivity index (χ4v) is 3.68. The summed E-state index contributed by atoms with van der Waals surface area (Å²) in [6.07, 6.45) is 2.46. The maximum Gasteiger partial charge on any atom is 0.0389 e. The standard InChI is InChI=1S/C19H23N/c1-13-8-10-16(14(2)12-13)19(20-3)18-11-9-15-6-4-5-7-17(15)18/h4-8,10,12,18-20H,9,11H2,1-3H3. The van der Waals surface area contributed by atoms with Gasteiger partial charge in [0.1, 0.15) is 0 Å². The molecule has 2 aromatic carbocycles. The minimum atomic E-state index is 0.416. The van der Waals surface area contributed by atoms with E-state index in [1.54, 1.807) is 0 Å². The minimum absolute atomic E-state index is 0.416. The van der Waals surface area contributed by atoms with Crippen LogP contribution in [-0.2, 0) is 6.42 Å². The average molecular weight is 265 g/mol. The van der Waals surface area contributed by atoms with Crippen molar-refractivity contribution in [3.8, 4) is 0 Å². The van der Waals surface area contributed by atoms with Crippen LogP contribution in [0.5, 0.6) is 0 Å². The van der Waals surface area contributed by atoms with Gasteiger partial charge in [0.2, 0.25) is 0 Å². The molecule has 1 N–H and O–H groups in total. The van der Waals surface area contributed by atoms with Crippen molar-refractivity contribution in [3.05, 3.63) is 70.3 Å². The van der Waals surface area contributed by atoms with Crippen LogP contribution in [0.3, 0.4) is 0 Å². The minimum Gasteiger partial charge on any atom is -0.312 e. The van der Waals surface area contributed by atoms with Crippen molar-refractivity contribution in [2.45, 2.75) is 38.6 Å². The van der Waals surface area contributed by atoms with E-state index >= 15 is 0 Å². The van der Waals surface area contributed by atoms with Gasteiger partial charge in [0.05, 0.1) is 0 Å². The molecule has 0 saturated carbocycles. The molecule has 2 aromatic rings. The van der Waals surface area contributed by atoms with Crippen molar-refractivity contribution < 1.29 is 0 Å². The molecule has 20 heavy (non-hydrogen) atoms. The first-order valence-electron chi connectivity index (χ1n) is 7.53. The fraction of sp³-hybridized carbons (Fsp3) is 0.368. The lowest BCUT2D eigenvalue weighted by molar-refractivity contribution is 0.475. The summed E-state index contributed by atoms with van der Waals surface area (Å²) in [5, 5.41) is 3.56. The van der Waals surface area contributed by atoms with Gasteiger partial charge in [-0.2, -0.15) is 0 Å². The third-order valence-corrected chi connectivity index (χ3v) is 4.65. The number of aryl methyl sites for hydroxylation is 3. The van der Waals surface area contributed by atoms with Crippen LogP contribution in [0, 0.1) is 13.8 Å². The highest BCUT2D eigenvalue weighted by Gasteiger charge is 2.30. The molecule has 0 amide bonds. The maximum atomic E-state index is 3.56. The van der Waals surface area contributed by atoms with Crippen LogP contribution < -0.4 is 5.32 Å². The lowest BCUT2D eigenvalue weighted by Gasteiger charge is -2.26. The summed E-state index contributed by atoms with van der Waals surface area (Å²) in [7, 11) is 2.09. The van der Waals surface area contributed by atoms with Crippen molar-refractivity contribution in [1.29, 1.82) is 0 Å². The van der Waals surface area contributed by atoms with Crippen LogP contribution in [-0.4, -0.2) is 7.05 Å². The van der Waals surface area contributed by atoms with Crippen LogP contribution in [0.1, 0.15) is 46.2 Å². The highest BCUT2D eigenvalue weighted by Crippen LogP contribution is 2.42. The number of fused-ring (bicyclic) bond motifs is 1. The molecule has 0 fully saturated rings. The number of benzene rings is 2. The number of rotatable bonds is 3. The van der Waals surface area contributed by atoms with Crippen molar-refractivity contribution in [3.63, 3.8) is 0 Å². The average Bonchev–Trinajstić information content (AvgIpc) is 2.86. The van der Waals surface area contributed by atoms with E-state index in [-0.39, 0.29) is 0 Å². The number of nitrogens with one attached hydrogen (secondary N) is 1. The van der Waals surface area contributed by atoms with Gasteiger partial charge in [0, 0.05) is 12.0 Å². The monoisotopic (exact) mass is 265 g/mol. The quantitative estimate of drug-likeness (QED) is 0.872. The molecule has 1 heteroatoms. The van der Waals surface area contributed by atoms with E-state index in [0.29, 0.717) is 12.0 Å². The van der Waals surface area contributed by atoms with Crippen molar-refractivity contribution in [1.82, 2.24) is 5.32 Å². The highest BCUT2D eigenvalue weighted by molar-refractivity contribution is 5.41. The molecule has 3 rings (SSSR count). The van der Waals surface area contributed by atoms with E-state index < -0.39 is 0 Å². The summed E-state index contributed by atoms with van der Waals surface area (Å²) in [6, 6.07) is 16.2. The number of hydrogen-bond donors (Lipinski definition) is 1. The predicted octanol–water partition coefficient (Wildman–Crippen LogP) is 4.29. The van der Waals surface area contributed by atoms with Gasteiger partial charge in [-0.15, -0.1) is 0 Å². The van der Waals surface area contributed by atoms with Crippen molar-refractivity contribution in [2.75, 3.05) is 7.05 Å². The zero-order chi connectivity index (χ0) is 14.1. The molecule has 0 heterocycles. The Morgan fingerprint density at radius 1 is 1.10 bits per heavy atom. The highest BCUT2D eigenvalue weighted by atomic mass is 14.9. The van der Waals surface area contributed by atoms with Crippen LogP contribution in [0.15, 0.2) is 42.5 Å². The molecule has 0 aliphatic heterocycles. The molecule has 0 aromatic heterocycles. The summed E-state index contributed by atoms with van der Waals surface area (Å²) in [5.41, 5.74) is 7.25. The van der Waals surface area contributed by atoms with E-state index in [9.17, 15) is 0 Å². The van der Waals surface area contributed by atoms with Gasteiger partial charge in [-0.3, -0.25) is 0 Å². The zero-order valence-electron chi connectivity index (χ0n) is 12.6. The van der Waals surface area contributed by atoms with E-state index in [1.807, 2.05) is 0 Å². The first-order chi connectivity index (χ1) is 9.70. The second-order valence-electron chi connectivity index (χ2n) is 5.97. The second kappa shape index (κ2) is 5.41. The summed E-state index contributed by atoms with van der Waals surface area (Å²) in [4.78, 5) is 0. The van der Waals surface area contributed by atoms with E-state index in [2.05, 4.69) is 68.7 Å². The first-order valence-corrected chi connectivity index (χ1v) is 7.53. The third kappa shape index (κ3) is 2.27. The van der Waals surface area contributed by atoms with Crippen molar-refractivity contribution in [2.24, 2.45) is 0 Å². The molecular formula is C19H23N. The second-order valence-corrected chi connectivity index (χ2v) is 5.97. The fourth-order valence-electron chi connectivity index (χ4n) is 3.68. The predicted molar refractivity (Wildman–Crippen MR) is 85.2 cm³/mol. The lowest BCUT2D eigenvalue weighted by atomic mass is 9.86. The molecule has 0 spiro atoms. The van der Waals surface area contributed by atoms with Gasteiger partial charge in [-0.25, -0.2) is 0 Å². The smallest absolute Gasteiger partial charge is 0.0389 e. The van der Waals surface area contributed by atoms with E-state index in [1.165, 1.54) is 40.7 Å². The Kier molecular flexibility index (Phi) is 3.62. The van der Waals surface area contributed by atoms with Gasteiger partial charge in [0.15, 0.2) is 0 Å². The molecule has 0 bridgehead atoms. The molecule has 1 nitrogen and oxygen atoms in total. The Balaban J connectivity index is 1.99. The Morgan fingerprint density at radius 2 is 1.90 bits per heavy atom. The maximum absolute atomic E-state index is 3.56. The van der Waals surface area contributed by atoms with Gasteiger partial charge < -0.3 is 5.32 Å². The molecule has 104 valence electrons. The number of hydrogen-bond acceptors (Lipinski definition) is 1. The van der Waals surface area contributed by atoms with Crippen molar-refractivity contribution >= 4 is 0 Å². The number of likely N-dealkylation sites (N-methyl/N-ethyl adjacent to an activating group) is 1. The van der Waals surface area contributed by atoms with Crippen LogP contribution in [0.25, 0.3) is 0 Å². The molecule has 0 radical (unpaired) electrons. The van der Waals surface area contributed by atoms with Gasteiger partial charge >= 0.3 is 0 Å². The van der Waals surface area contributed by atoms with E-state index in [0.717, 1.165) is 0 Å². The van der Waals surface area contributed by atoms with Gasteiger partial charge in [-0.05, 0) is 56.0 Å². The SMILES string of the molecule is CNC(c1ccc(C)cc1C)C1CCc2ccccc21. The Hall–Kier alpha value is -1.60. The van der Waals surface area contributed by atoms with Gasteiger partial charge in [-0.1, -0.05) is 48.0 Å². The molecule has 1 aliphatic rings. The summed E-state index contributed by atoms with van der Waals surface area (Å²) >= 11 is 0. The lowest BCUT2D eigenvalue weighted by Crippen LogP contribution is -2.23. The van der Waals surface area contributed by atoms with Gasteiger partial charge in [0.25, 0.3) is 0 Å². The topological polar surface area (TPSA) is 12.0 Å². The van der Waals surface area contributed by atoms with Crippen LogP contribution in [0.4, 0.5) is 0 Å². The molecule has 0 saturated heterocycles. The Morgan fingerprint density at radius 3 is 2.65 bits per heavy atom. The third-order valence-electron chi connectivity index (χ3n) is 4.65. The molecule has 1 aliphatic carbocycles. The normalized spacial score (nSPS) is 18.9. The van der Waals surface area contributed by atoms with Crippen LogP contribution in [0.2, 0.25) is 0 Å². The Bertz CT molecular complexity index is 615. The summed E-state index contributed by atoms with van der Waals surface area (Å²) in [5.74, 6) is 0.595. The van der Waals surface area contributed by atoms with Crippen LogP contribution >= 0.6 is 0 Å². The first kappa shape index (κ1) is 13.4. The Labute approximate surface area is 122 Å². The summed E-state index contributed by atoms with van der Waals surface area (Å²) in [6.45, 7) is 4.39. The molecular weight excluding hydrogens is 242 g/mol. The largest absolute Gasteiger partial charge is 0.312 e.